The lowest BCUT2D eigenvalue weighted by Gasteiger charge is -2.17. The van der Waals surface area contributed by atoms with E-state index in [0.717, 1.165) is 6.07 Å². The molecule has 0 aliphatic carbocycles. The molecular weight excluding hydrogens is 472 g/mol. The monoisotopic (exact) mass is 488 g/mol. The van der Waals surface area contributed by atoms with Crippen LogP contribution >= 0.6 is 0 Å². The summed E-state index contributed by atoms with van der Waals surface area (Å²) >= 11 is 0. The summed E-state index contributed by atoms with van der Waals surface area (Å²) in [5.74, 6) is -2.91. The average molecular weight is 488 g/mol. The second-order valence-corrected chi connectivity index (χ2v) is 7.34. The van der Waals surface area contributed by atoms with Gasteiger partial charge in [0.2, 0.25) is 0 Å². The number of pyridine rings is 2. The van der Waals surface area contributed by atoms with Crippen LogP contribution in [0.3, 0.4) is 0 Å². The van der Waals surface area contributed by atoms with Crippen molar-refractivity contribution in [1.29, 1.82) is 5.26 Å². The Morgan fingerprint density at radius 1 is 1.26 bits per heavy atom. The molecule has 0 spiro atoms. The van der Waals surface area contributed by atoms with Gasteiger partial charge in [0.05, 0.1) is 29.7 Å². The van der Waals surface area contributed by atoms with Gasteiger partial charge in [-0.2, -0.15) is 33.8 Å². The van der Waals surface area contributed by atoms with Gasteiger partial charge in [0, 0.05) is 6.21 Å². The first kappa shape index (κ1) is 23.6. The molecule has 1 aliphatic rings. The number of hydrazine groups is 1. The number of nitrogen functional groups attached to an aromatic ring is 1. The number of carbonyl (C=O) groups is 1. The number of halogens is 4. The van der Waals surface area contributed by atoms with Gasteiger partial charge in [-0.25, -0.2) is 24.5 Å². The van der Waals surface area contributed by atoms with Crippen molar-refractivity contribution in [3.8, 4) is 11.9 Å². The number of hydrogen-bond donors (Lipinski definition) is 3. The minimum absolute atomic E-state index is 0.0136. The minimum atomic E-state index is -5.03. The fourth-order valence-corrected chi connectivity index (χ4v) is 3.32. The Hall–Kier alpha value is -4.58. The van der Waals surface area contributed by atoms with E-state index in [2.05, 4.69) is 30.9 Å². The van der Waals surface area contributed by atoms with E-state index in [0.29, 0.717) is 17.4 Å². The molecule has 1 amide bonds. The standard InChI is InChI=1S/C20H16F4N10O/c1-9-5-13(21)16(26)32-17(9)33-15(20(22,23)24)12(8-29-33)19(35)31-14-6-11(7-25)18(30-10(14)2)34-27-3-4-28-34/h3,5-6,8,28H,4H2,1-2H3,(H2,26,32)(H,31,35). The number of rotatable bonds is 4. The highest BCUT2D eigenvalue weighted by atomic mass is 19.4. The van der Waals surface area contributed by atoms with E-state index in [1.54, 1.807) is 6.21 Å². The van der Waals surface area contributed by atoms with Crippen molar-refractivity contribution in [1.82, 2.24) is 25.2 Å². The topological polar surface area (TPSA) is 150 Å². The number of nitrogens with two attached hydrogens (primary N) is 1. The first-order valence-corrected chi connectivity index (χ1v) is 9.88. The summed E-state index contributed by atoms with van der Waals surface area (Å²) in [5.41, 5.74) is 6.28. The van der Waals surface area contributed by atoms with Crippen molar-refractivity contribution in [2.45, 2.75) is 20.0 Å². The number of anilines is 3. The van der Waals surface area contributed by atoms with Gasteiger partial charge in [-0.1, -0.05) is 0 Å². The lowest BCUT2D eigenvalue weighted by molar-refractivity contribution is -0.143. The van der Waals surface area contributed by atoms with Gasteiger partial charge in [0.1, 0.15) is 11.6 Å². The van der Waals surface area contributed by atoms with Gasteiger partial charge in [-0.3, -0.25) is 4.79 Å². The summed E-state index contributed by atoms with van der Waals surface area (Å²) in [4.78, 5) is 20.8. The van der Waals surface area contributed by atoms with Crippen molar-refractivity contribution < 1.29 is 22.4 Å². The molecule has 4 rings (SSSR count). The molecule has 0 unspecified atom stereocenters. The number of hydrazone groups is 1. The van der Waals surface area contributed by atoms with E-state index in [1.807, 2.05) is 6.07 Å². The minimum Gasteiger partial charge on any atom is -0.381 e. The first-order valence-electron chi connectivity index (χ1n) is 9.88. The summed E-state index contributed by atoms with van der Waals surface area (Å²) in [6.45, 7) is 3.25. The SMILES string of the molecule is Cc1cc(F)c(N)nc1-n1ncc(C(=O)Nc2cc(C#N)c(N3N=CCN3)nc2C)c1C(F)(F)F. The number of nitriles is 1. The fraction of sp³-hybridized carbons (Fsp3) is 0.200. The van der Waals surface area contributed by atoms with Gasteiger partial charge in [0.25, 0.3) is 5.91 Å². The van der Waals surface area contributed by atoms with Crippen molar-refractivity contribution in [3.05, 3.63) is 52.2 Å². The maximum atomic E-state index is 14.0. The largest absolute Gasteiger partial charge is 0.434 e. The molecule has 35 heavy (non-hydrogen) atoms. The van der Waals surface area contributed by atoms with Crippen LogP contribution in [-0.2, 0) is 6.18 Å². The van der Waals surface area contributed by atoms with Gasteiger partial charge in [0.15, 0.2) is 29.0 Å². The van der Waals surface area contributed by atoms with Crippen molar-refractivity contribution in [2.75, 3.05) is 22.7 Å². The number of carbonyl (C=O) groups excluding carboxylic acids is 1. The molecule has 0 saturated heterocycles. The summed E-state index contributed by atoms with van der Waals surface area (Å²) in [6.07, 6.45) is -2.77. The molecule has 0 fully saturated rings. The maximum absolute atomic E-state index is 14.0. The van der Waals surface area contributed by atoms with E-state index in [-0.39, 0.29) is 34.1 Å². The molecule has 11 nitrogen and oxygen atoms in total. The molecule has 4 heterocycles. The molecule has 0 bridgehead atoms. The Kier molecular flexibility index (Phi) is 5.82. The zero-order chi connectivity index (χ0) is 25.5. The third-order valence-electron chi connectivity index (χ3n) is 4.94. The van der Waals surface area contributed by atoms with Crippen LogP contribution < -0.4 is 21.6 Å². The van der Waals surface area contributed by atoms with Crippen LogP contribution in [0, 0.1) is 31.0 Å². The van der Waals surface area contributed by atoms with Crippen LogP contribution in [-0.4, -0.2) is 38.4 Å². The van der Waals surface area contributed by atoms with Crippen molar-refractivity contribution in [3.63, 3.8) is 0 Å². The molecular formula is C20H16F4N10O. The Morgan fingerprint density at radius 3 is 2.63 bits per heavy atom. The Balaban J connectivity index is 1.74. The third-order valence-corrected chi connectivity index (χ3v) is 4.94. The zero-order valence-corrected chi connectivity index (χ0v) is 18.1. The van der Waals surface area contributed by atoms with E-state index in [9.17, 15) is 27.6 Å². The second-order valence-electron chi connectivity index (χ2n) is 7.34. The Labute approximate surface area is 194 Å². The number of alkyl halides is 3. The van der Waals surface area contributed by atoms with E-state index < -0.39 is 35.0 Å². The van der Waals surface area contributed by atoms with Crippen LogP contribution in [0.15, 0.2) is 23.4 Å². The zero-order valence-electron chi connectivity index (χ0n) is 18.1. The third kappa shape index (κ3) is 4.34. The highest BCUT2D eigenvalue weighted by Crippen LogP contribution is 2.35. The average Bonchev–Trinajstić information content (AvgIpc) is 3.47. The molecule has 180 valence electrons. The molecule has 0 saturated carbocycles. The molecule has 0 aromatic carbocycles. The van der Waals surface area contributed by atoms with Crippen LogP contribution in [0.2, 0.25) is 0 Å². The van der Waals surface area contributed by atoms with Gasteiger partial charge >= 0.3 is 6.18 Å². The van der Waals surface area contributed by atoms with E-state index in [1.165, 1.54) is 25.0 Å². The highest BCUT2D eigenvalue weighted by molar-refractivity contribution is 6.05. The van der Waals surface area contributed by atoms with E-state index >= 15 is 0 Å². The molecule has 3 aromatic rings. The summed E-state index contributed by atoms with van der Waals surface area (Å²) in [6, 6.07) is 4.10. The molecule has 4 N–H and O–H groups in total. The Bertz CT molecular complexity index is 1410. The van der Waals surface area contributed by atoms with Gasteiger partial charge < -0.3 is 11.1 Å². The number of nitrogens with zero attached hydrogens (tertiary/aromatic N) is 7. The number of amides is 1. The summed E-state index contributed by atoms with van der Waals surface area (Å²) in [5, 5.41) is 20.8. The Morgan fingerprint density at radius 2 is 2.00 bits per heavy atom. The van der Waals surface area contributed by atoms with Gasteiger partial charge in [-0.15, -0.1) is 0 Å². The maximum Gasteiger partial charge on any atom is 0.434 e. The molecule has 15 heteroatoms. The van der Waals surface area contributed by atoms with Crippen LogP contribution in [0.25, 0.3) is 5.82 Å². The number of aromatic nitrogens is 4. The predicted molar refractivity (Wildman–Crippen MR) is 116 cm³/mol. The second kappa shape index (κ2) is 8.65. The van der Waals surface area contributed by atoms with E-state index in [4.69, 9.17) is 5.73 Å². The molecule has 0 atom stereocenters. The van der Waals surface area contributed by atoms with Crippen molar-refractivity contribution >= 4 is 29.4 Å². The molecule has 0 radical (unpaired) electrons. The predicted octanol–water partition coefficient (Wildman–Crippen LogP) is 2.45. The number of nitrogens with one attached hydrogen (secondary N) is 2. The van der Waals surface area contributed by atoms with Crippen LogP contribution in [0.5, 0.6) is 0 Å². The van der Waals surface area contributed by atoms with Crippen molar-refractivity contribution in [2.24, 2.45) is 5.10 Å². The van der Waals surface area contributed by atoms with Gasteiger partial charge in [-0.05, 0) is 31.5 Å². The molecule has 3 aromatic heterocycles. The fourth-order valence-electron chi connectivity index (χ4n) is 3.32. The quantitative estimate of drug-likeness (QED) is 0.474. The summed E-state index contributed by atoms with van der Waals surface area (Å²) < 4.78 is 56.1. The lowest BCUT2D eigenvalue weighted by atomic mass is 10.1. The normalized spacial score (nSPS) is 13.2. The highest BCUT2D eigenvalue weighted by Gasteiger charge is 2.41. The molecule has 1 aliphatic heterocycles. The first-order chi connectivity index (χ1) is 16.5. The lowest BCUT2D eigenvalue weighted by Crippen LogP contribution is -2.30. The van der Waals surface area contributed by atoms with Crippen LogP contribution in [0.1, 0.15) is 32.9 Å². The smallest absolute Gasteiger partial charge is 0.381 e. The number of aryl methyl sites for hydroxylation is 2. The number of hydrogen-bond acceptors (Lipinski definition) is 9. The summed E-state index contributed by atoms with van der Waals surface area (Å²) in [7, 11) is 0. The van der Waals surface area contributed by atoms with Crippen LogP contribution in [0.4, 0.5) is 34.9 Å².